The van der Waals surface area contributed by atoms with Gasteiger partial charge in [0.15, 0.2) is 0 Å². The van der Waals surface area contributed by atoms with E-state index < -0.39 is 16.6 Å². The van der Waals surface area contributed by atoms with Crippen LogP contribution >= 0.6 is 0 Å². The van der Waals surface area contributed by atoms with Crippen LogP contribution in [0.4, 0.5) is 21.5 Å². The van der Waals surface area contributed by atoms with Gasteiger partial charge < -0.3 is 10.7 Å². The van der Waals surface area contributed by atoms with Gasteiger partial charge in [-0.05, 0) is 30.3 Å². The summed E-state index contributed by atoms with van der Waals surface area (Å²) in [7, 11) is 0. The molecular formula is C13H11FN4O3. The average molecular weight is 290 g/mol. The van der Waals surface area contributed by atoms with Crippen LogP contribution in [0.25, 0.3) is 0 Å². The minimum Gasteiger partial charge on any atom is -0.322 e. The number of nitrogens with one attached hydrogen (secondary N) is 2. The van der Waals surface area contributed by atoms with E-state index in [2.05, 4.69) is 10.7 Å². The zero-order chi connectivity index (χ0) is 15.4. The molecule has 108 valence electrons. The molecular weight excluding hydrogens is 279 g/mol. The highest BCUT2D eigenvalue weighted by Crippen LogP contribution is 2.25. The summed E-state index contributed by atoms with van der Waals surface area (Å²) >= 11 is 0. The molecule has 0 bridgehead atoms. The van der Waals surface area contributed by atoms with E-state index in [1.54, 1.807) is 0 Å². The second-order valence-electron chi connectivity index (χ2n) is 4.10. The van der Waals surface area contributed by atoms with Crippen LogP contribution in [-0.2, 0) is 0 Å². The van der Waals surface area contributed by atoms with Gasteiger partial charge in [0.2, 0.25) is 0 Å². The number of benzene rings is 2. The Morgan fingerprint density at radius 2 is 2.00 bits per heavy atom. The first kappa shape index (κ1) is 14.4. The first-order valence-corrected chi connectivity index (χ1v) is 5.83. The Labute approximate surface area is 118 Å². The van der Waals surface area contributed by atoms with Crippen molar-refractivity contribution in [2.75, 3.05) is 10.7 Å². The molecule has 0 unspecified atom stereocenters. The first-order chi connectivity index (χ1) is 10.0. The lowest BCUT2D eigenvalue weighted by Gasteiger charge is -2.07. The van der Waals surface area contributed by atoms with Crippen molar-refractivity contribution in [3.05, 3.63) is 64.0 Å². The molecule has 0 aliphatic rings. The highest BCUT2D eigenvalue weighted by molar-refractivity contribution is 6.05. The highest BCUT2D eigenvalue weighted by Gasteiger charge is 2.17. The van der Waals surface area contributed by atoms with E-state index in [1.165, 1.54) is 30.3 Å². The van der Waals surface area contributed by atoms with E-state index in [1.807, 2.05) is 0 Å². The number of amides is 1. The molecule has 0 spiro atoms. The van der Waals surface area contributed by atoms with Gasteiger partial charge in [-0.2, -0.15) is 0 Å². The molecule has 0 saturated heterocycles. The van der Waals surface area contributed by atoms with Gasteiger partial charge in [-0.3, -0.25) is 20.8 Å². The number of nitrogen functional groups attached to an aromatic ring is 1. The lowest BCUT2D eigenvalue weighted by atomic mass is 10.1. The van der Waals surface area contributed by atoms with E-state index in [4.69, 9.17) is 5.84 Å². The van der Waals surface area contributed by atoms with Gasteiger partial charge in [-0.15, -0.1) is 0 Å². The van der Waals surface area contributed by atoms with Crippen LogP contribution < -0.4 is 16.6 Å². The topological polar surface area (TPSA) is 110 Å². The maximum Gasteiger partial charge on any atom is 0.294 e. The van der Waals surface area contributed by atoms with Crippen molar-refractivity contribution in [1.82, 2.24) is 0 Å². The minimum absolute atomic E-state index is 0.0601. The molecule has 2 rings (SSSR count). The second-order valence-corrected chi connectivity index (χ2v) is 4.10. The summed E-state index contributed by atoms with van der Waals surface area (Å²) in [6.07, 6.45) is 0. The van der Waals surface area contributed by atoms with Gasteiger partial charge in [-0.25, -0.2) is 4.39 Å². The van der Waals surface area contributed by atoms with Gasteiger partial charge in [0.1, 0.15) is 11.5 Å². The second kappa shape index (κ2) is 5.97. The molecule has 0 atom stereocenters. The Hall–Kier alpha value is -3.00. The molecule has 0 saturated carbocycles. The molecule has 0 heterocycles. The summed E-state index contributed by atoms with van der Waals surface area (Å²) < 4.78 is 13.0. The normalized spacial score (nSPS) is 10.0. The molecule has 2 aromatic rings. The highest BCUT2D eigenvalue weighted by atomic mass is 19.1. The number of halogens is 1. The molecule has 0 aliphatic heterocycles. The maximum atomic E-state index is 13.0. The smallest absolute Gasteiger partial charge is 0.294 e. The monoisotopic (exact) mass is 290 g/mol. The number of hydrogen-bond donors (Lipinski definition) is 3. The van der Waals surface area contributed by atoms with Crippen LogP contribution in [0.5, 0.6) is 0 Å². The standard InChI is InChI=1S/C13H11FN4O3/c14-9-2-1-3-10(7-9)16-13(19)8-4-5-11(17-15)12(6-8)18(20)21/h1-7,17H,15H2,(H,16,19). The Kier molecular flexibility index (Phi) is 4.10. The summed E-state index contributed by atoms with van der Waals surface area (Å²) in [4.78, 5) is 22.2. The van der Waals surface area contributed by atoms with Gasteiger partial charge in [0.05, 0.1) is 4.92 Å². The predicted octanol–water partition coefficient (Wildman–Crippen LogP) is 2.27. The van der Waals surface area contributed by atoms with Gasteiger partial charge >= 0.3 is 0 Å². The molecule has 7 nitrogen and oxygen atoms in total. The average Bonchev–Trinajstić information content (AvgIpc) is 2.46. The molecule has 0 radical (unpaired) electrons. The number of nitrogens with zero attached hydrogens (tertiary/aromatic N) is 1. The lowest BCUT2D eigenvalue weighted by Crippen LogP contribution is -2.14. The Bertz CT molecular complexity index is 706. The summed E-state index contributed by atoms with van der Waals surface area (Å²) in [5.74, 6) is 4.07. The summed E-state index contributed by atoms with van der Waals surface area (Å²) in [6.45, 7) is 0. The third-order valence-corrected chi connectivity index (χ3v) is 2.69. The number of rotatable bonds is 4. The summed E-state index contributed by atoms with van der Waals surface area (Å²) in [6, 6.07) is 9.10. The number of hydrogen-bond acceptors (Lipinski definition) is 5. The third-order valence-electron chi connectivity index (χ3n) is 2.69. The number of nitro groups is 1. The van der Waals surface area contributed by atoms with E-state index in [-0.39, 0.29) is 22.6 Å². The molecule has 4 N–H and O–H groups in total. The van der Waals surface area contributed by atoms with Crippen LogP contribution in [0.2, 0.25) is 0 Å². The maximum absolute atomic E-state index is 13.0. The quantitative estimate of drug-likeness (QED) is 0.454. The largest absolute Gasteiger partial charge is 0.322 e. The van der Waals surface area contributed by atoms with E-state index in [9.17, 15) is 19.3 Å². The number of hydrazine groups is 1. The van der Waals surface area contributed by atoms with Gasteiger partial charge in [0, 0.05) is 17.3 Å². The van der Waals surface area contributed by atoms with Crippen molar-refractivity contribution in [1.29, 1.82) is 0 Å². The number of carbonyl (C=O) groups excluding carboxylic acids is 1. The van der Waals surface area contributed by atoms with Gasteiger partial charge in [-0.1, -0.05) is 6.07 Å². The number of nitrogens with two attached hydrogens (primary N) is 1. The van der Waals surface area contributed by atoms with Crippen molar-refractivity contribution < 1.29 is 14.1 Å². The Morgan fingerprint density at radius 3 is 2.62 bits per heavy atom. The van der Waals surface area contributed by atoms with Gasteiger partial charge in [0.25, 0.3) is 11.6 Å². The fraction of sp³-hybridized carbons (Fsp3) is 0. The molecule has 0 aromatic heterocycles. The Morgan fingerprint density at radius 1 is 1.24 bits per heavy atom. The van der Waals surface area contributed by atoms with Crippen LogP contribution in [0.15, 0.2) is 42.5 Å². The molecule has 0 aliphatic carbocycles. The van der Waals surface area contributed by atoms with E-state index in [0.29, 0.717) is 0 Å². The number of anilines is 2. The number of carbonyl (C=O) groups is 1. The molecule has 8 heteroatoms. The zero-order valence-corrected chi connectivity index (χ0v) is 10.7. The van der Waals surface area contributed by atoms with Crippen molar-refractivity contribution >= 4 is 23.0 Å². The third kappa shape index (κ3) is 3.31. The van der Waals surface area contributed by atoms with Crippen molar-refractivity contribution in [2.45, 2.75) is 0 Å². The predicted molar refractivity (Wildman–Crippen MR) is 75.3 cm³/mol. The first-order valence-electron chi connectivity index (χ1n) is 5.83. The lowest BCUT2D eigenvalue weighted by molar-refractivity contribution is -0.384. The summed E-state index contributed by atoms with van der Waals surface area (Å²) in [5, 5.41) is 13.3. The molecule has 0 fully saturated rings. The fourth-order valence-corrected chi connectivity index (χ4v) is 1.72. The minimum atomic E-state index is -0.659. The SMILES string of the molecule is NNc1ccc(C(=O)Nc2cccc(F)c2)cc1[N+](=O)[O-]. The number of nitro benzene ring substituents is 1. The van der Waals surface area contributed by atoms with Crippen molar-refractivity contribution in [2.24, 2.45) is 5.84 Å². The zero-order valence-electron chi connectivity index (χ0n) is 10.7. The van der Waals surface area contributed by atoms with Crippen LogP contribution in [0.1, 0.15) is 10.4 Å². The molecule has 21 heavy (non-hydrogen) atoms. The van der Waals surface area contributed by atoms with Crippen molar-refractivity contribution in [3.8, 4) is 0 Å². The Balaban J connectivity index is 2.27. The summed E-state index contributed by atoms with van der Waals surface area (Å²) in [5.41, 5.74) is 2.25. The van der Waals surface area contributed by atoms with Crippen LogP contribution in [-0.4, -0.2) is 10.8 Å². The molecule has 2 aromatic carbocycles. The van der Waals surface area contributed by atoms with E-state index in [0.717, 1.165) is 12.1 Å². The van der Waals surface area contributed by atoms with Crippen molar-refractivity contribution in [3.63, 3.8) is 0 Å². The van der Waals surface area contributed by atoms with E-state index >= 15 is 0 Å². The van der Waals surface area contributed by atoms with Crippen LogP contribution in [0, 0.1) is 15.9 Å². The fourth-order valence-electron chi connectivity index (χ4n) is 1.72. The molecule has 1 amide bonds. The van der Waals surface area contributed by atoms with Crippen LogP contribution in [0.3, 0.4) is 0 Å².